The molecule has 9 heteroatoms. The van der Waals surface area contributed by atoms with Crippen molar-refractivity contribution in [3.05, 3.63) is 101 Å². The maximum atomic E-state index is 13.6. The summed E-state index contributed by atoms with van der Waals surface area (Å²) >= 11 is 0. The Bertz CT molecular complexity index is 1460. The summed E-state index contributed by atoms with van der Waals surface area (Å²) in [6, 6.07) is 21.6. The van der Waals surface area contributed by atoms with E-state index in [4.69, 9.17) is 14.2 Å². The van der Waals surface area contributed by atoms with Gasteiger partial charge in [-0.3, -0.25) is 9.59 Å². The number of ether oxygens (including phenoxy) is 3. The number of anilines is 1. The minimum atomic E-state index is -0.864. The average Bonchev–Trinajstić information content (AvgIpc) is 3.04. The van der Waals surface area contributed by atoms with Crippen LogP contribution in [0.2, 0.25) is 0 Å². The van der Waals surface area contributed by atoms with Crippen molar-refractivity contribution in [2.24, 2.45) is 5.92 Å². The van der Waals surface area contributed by atoms with E-state index in [0.717, 1.165) is 28.8 Å². The van der Waals surface area contributed by atoms with Gasteiger partial charge in [-0.1, -0.05) is 48.5 Å². The lowest BCUT2D eigenvalue weighted by Crippen LogP contribution is -2.55. The second-order valence-corrected chi connectivity index (χ2v) is 12.9. The molecule has 0 aliphatic carbocycles. The predicted octanol–water partition coefficient (Wildman–Crippen LogP) is 5.99. The van der Waals surface area contributed by atoms with E-state index in [1.54, 1.807) is 12.1 Å². The molecule has 8 nitrogen and oxygen atoms in total. The van der Waals surface area contributed by atoms with Gasteiger partial charge in [-0.05, 0) is 98.9 Å². The van der Waals surface area contributed by atoms with Gasteiger partial charge in [0.15, 0.2) is 11.4 Å². The zero-order valence-corrected chi connectivity index (χ0v) is 26.8. The Kier molecular flexibility index (Phi) is 10.6. The van der Waals surface area contributed by atoms with Crippen molar-refractivity contribution in [3.8, 4) is 0 Å². The van der Waals surface area contributed by atoms with Gasteiger partial charge in [-0.2, -0.15) is 0 Å². The zero-order valence-electron chi connectivity index (χ0n) is 26.8. The molecule has 0 saturated carbocycles. The molecule has 2 aliphatic heterocycles. The summed E-state index contributed by atoms with van der Waals surface area (Å²) in [7, 11) is 0. The molecule has 0 spiro atoms. The van der Waals surface area contributed by atoms with E-state index < -0.39 is 17.5 Å². The van der Waals surface area contributed by atoms with E-state index in [0.29, 0.717) is 37.7 Å². The van der Waals surface area contributed by atoms with Gasteiger partial charge in [0, 0.05) is 19.2 Å². The normalized spacial score (nSPS) is 21.0. The molecular weight excluding hydrogens is 589 g/mol. The summed E-state index contributed by atoms with van der Waals surface area (Å²) < 4.78 is 30.8. The third-order valence-corrected chi connectivity index (χ3v) is 8.97. The van der Waals surface area contributed by atoms with Crippen LogP contribution in [0.1, 0.15) is 80.9 Å². The summed E-state index contributed by atoms with van der Waals surface area (Å²) in [4.78, 5) is 27.3. The minimum Gasteiger partial charge on any atom is -0.454 e. The van der Waals surface area contributed by atoms with E-state index >= 15 is 0 Å². The number of aliphatic hydroxyl groups is 2. The number of benzene rings is 3. The lowest BCUT2D eigenvalue weighted by Gasteiger charge is -2.48. The highest BCUT2D eigenvalue weighted by Gasteiger charge is 2.48. The third-order valence-electron chi connectivity index (χ3n) is 8.97. The van der Waals surface area contributed by atoms with Crippen LogP contribution in [-0.4, -0.2) is 53.3 Å². The van der Waals surface area contributed by atoms with Gasteiger partial charge >= 0.3 is 5.97 Å². The number of aliphatic hydroxyl groups excluding tert-OH is 2. The van der Waals surface area contributed by atoms with E-state index in [2.05, 4.69) is 0 Å². The second kappa shape index (κ2) is 14.4. The quantitative estimate of drug-likeness (QED) is 0.176. The molecule has 0 bridgehead atoms. The predicted molar refractivity (Wildman–Crippen MR) is 171 cm³/mol. The van der Waals surface area contributed by atoms with Crippen molar-refractivity contribution in [2.75, 3.05) is 24.7 Å². The summed E-state index contributed by atoms with van der Waals surface area (Å²) in [5, 5.41) is 20.0. The van der Waals surface area contributed by atoms with E-state index in [-0.39, 0.29) is 49.5 Å². The fourth-order valence-corrected chi connectivity index (χ4v) is 6.30. The van der Waals surface area contributed by atoms with Crippen LogP contribution >= 0.6 is 0 Å². The smallest absolute Gasteiger partial charge is 0.303 e. The number of hydrogen-bond donors (Lipinski definition) is 2. The SMILES string of the molecule is CC(=O)OC1(CCc2ccc(C3C(CCC(O)c4ccc(F)cc4)C(=O)N3c3ccc(CCCO)cc3)cc2)COC(C)(C)OC1. The molecule has 2 heterocycles. The maximum absolute atomic E-state index is 13.6. The molecule has 0 aromatic heterocycles. The fraction of sp³-hybridized carbons (Fsp3) is 0.459. The van der Waals surface area contributed by atoms with E-state index in [1.807, 2.05) is 67.3 Å². The third kappa shape index (κ3) is 8.01. The maximum Gasteiger partial charge on any atom is 0.303 e. The number of β-lactam (4-membered cyclic amide) rings is 1. The van der Waals surface area contributed by atoms with Crippen molar-refractivity contribution in [2.45, 2.75) is 82.8 Å². The van der Waals surface area contributed by atoms with Crippen LogP contribution < -0.4 is 4.90 Å². The van der Waals surface area contributed by atoms with E-state index in [1.165, 1.54) is 19.1 Å². The fourth-order valence-electron chi connectivity index (χ4n) is 6.30. The number of amides is 1. The summed E-state index contributed by atoms with van der Waals surface area (Å²) in [6.45, 7) is 5.68. The molecule has 46 heavy (non-hydrogen) atoms. The summed E-state index contributed by atoms with van der Waals surface area (Å²) in [5.74, 6) is -1.82. The molecule has 3 aromatic rings. The van der Waals surface area contributed by atoms with Crippen LogP contribution in [0.4, 0.5) is 10.1 Å². The highest BCUT2D eigenvalue weighted by Crippen LogP contribution is 2.46. The first-order valence-electron chi connectivity index (χ1n) is 16.0. The molecule has 246 valence electrons. The monoisotopic (exact) mass is 633 g/mol. The molecule has 0 radical (unpaired) electrons. The zero-order chi connectivity index (χ0) is 32.9. The highest BCUT2D eigenvalue weighted by molar-refractivity contribution is 6.03. The van der Waals surface area contributed by atoms with Crippen molar-refractivity contribution in [1.29, 1.82) is 0 Å². The molecule has 2 fully saturated rings. The highest BCUT2D eigenvalue weighted by atomic mass is 19.1. The largest absolute Gasteiger partial charge is 0.454 e. The molecule has 2 N–H and O–H groups in total. The Morgan fingerprint density at radius 3 is 2.20 bits per heavy atom. The van der Waals surface area contributed by atoms with Crippen LogP contribution in [0.5, 0.6) is 0 Å². The topological polar surface area (TPSA) is 106 Å². The number of hydrogen-bond acceptors (Lipinski definition) is 7. The van der Waals surface area contributed by atoms with Crippen LogP contribution in [0.15, 0.2) is 72.8 Å². The lowest BCUT2D eigenvalue weighted by atomic mass is 9.78. The Labute approximate surface area is 270 Å². The number of esters is 1. The van der Waals surface area contributed by atoms with Gasteiger partial charge in [-0.25, -0.2) is 4.39 Å². The molecular formula is C37H44FNO7. The van der Waals surface area contributed by atoms with Crippen LogP contribution in [0, 0.1) is 11.7 Å². The molecule has 3 aromatic carbocycles. The Morgan fingerprint density at radius 2 is 1.59 bits per heavy atom. The minimum absolute atomic E-state index is 0.00737. The number of rotatable bonds is 13. The standard InChI is InChI=1S/C37H44FNO7/c1-25(41)46-37(23-44-36(2,3)45-24-37)21-20-27-6-10-29(11-7-27)34-32(18-19-33(42)28-12-14-30(38)15-13-28)35(43)39(34)31-16-8-26(9-17-31)5-4-22-40/h6-17,32-34,40,42H,4-5,18-24H2,1-3H3. The van der Waals surface area contributed by atoms with Gasteiger partial charge in [0.05, 0.1) is 31.3 Å². The number of halogens is 1. The van der Waals surface area contributed by atoms with Gasteiger partial charge in [0.25, 0.3) is 0 Å². The average molecular weight is 634 g/mol. The number of aryl methyl sites for hydroxylation is 2. The Balaban J connectivity index is 1.32. The molecule has 3 atom stereocenters. The van der Waals surface area contributed by atoms with E-state index in [9.17, 15) is 24.2 Å². The first-order chi connectivity index (χ1) is 22.0. The number of carbonyl (C=O) groups excluding carboxylic acids is 2. The molecule has 3 unspecified atom stereocenters. The summed E-state index contributed by atoms with van der Waals surface area (Å²) in [6.07, 6.45) is 2.63. The molecule has 2 aliphatic rings. The van der Waals surface area contributed by atoms with Gasteiger partial charge in [-0.15, -0.1) is 0 Å². The molecule has 5 rings (SSSR count). The van der Waals surface area contributed by atoms with Crippen molar-refractivity contribution in [3.63, 3.8) is 0 Å². The van der Waals surface area contributed by atoms with Gasteiger partial charge < -0.3 is 29.3 Å². The van der Waals surface area contributed by atoms with Crippen LogP contribution in [0.3, 0.4) is 0 Å². The molecule has 1 amide bonds. The summed E-state index contributed by atoms with van der Waals surface area (Å²) in [5.41, 5.74) is 3.67. The second-order valence-electron chi connectivity index (χ2n) is 12.9. The number of nitrogens with zero attached hydrogens (tertiary/aromatic N) is 1. The Morgan fingerprint density at radius 1 is 0.978 bits per heavy atom. The Hall–Kier alpha value is -3.63. The first-order valence-corrected chi connectivity index (χ1v) is 16.0. The van der Waals surface area contributed by atoms with Crippen molar-refractivity contribution < 1.29 is 38.4 Å². The lowest BCUT2D eigenvalue weighted by molar-refractivity contribution is -0.305. The van der Waals surface area contributed by atoms with Gasteiger partial charge in [0.2, 0.25) is 5.91 Å². The van der Waals surface area contributed by atoms with Crippen molar-refractivity contribution >= 4 is 17.6 Å². The van der Waals surface area contributed by atoms with Gasteiger partial charge in [0.1, 0.15) is 5.82 Å². The molecule has 2 saturated heterocycles. The number of carbonyl (C=O) groups is 2. The van der Waals surface area contributed by atoms with Crippen molar-refractivity contribution in [1.82, 2.24) is 0 Å². The van der Waals surface area contributed by atoms with Crippen LogP contribution in [0.25, 0.3) is 0 Å². The first kappa shape index (κ1) is 33.7. The van der Waals surface area contributed by atoms with Crippen LogP contribution in [-0.2, 0) is 36.6 Å².